The summed E-state index contributed by atoms with van der Waals surface area (Å²) in [5.74, 6) is 0.789. The highest BCUT2D eigenvalue weighted by molar-refractivity contribution is 8.13. The van der Waals surface area contributed by atoms with Crippen LogP contribution in [-0.4, -0.2) is 43.3 Å². The summed E-state index contributed by atoms with van der Waals surface area (Å²) in [6, 6.07) is 11.8. The van der Waals surface area contributed by atoms with Gasteiger partial charge in [0, 0.05) is 12.3 Å². The second-order valence-electron chi connectivity index (χ2n) is 5.54. The number of ether oxygens (including phenoxy) is 2. The number of amides is 1. The van der Waals surface area contributed by atoms with E-state index in [9.17, 15) is 9.18 Å². The smallest absolute Gasteiger partial charge is 0.267 e. The number of aliphatic imine (C=N–C) groups is 1. The molecule has 0 fully saturated rings. The summed E-state index contributed by atoms with van der Waals surface area (Å²) in [6.07, 6.45) is 0. The molecular formula is C19H19FN2O3S. The lowest BCUT2D eigenvalue weighted by molar-refractivity contribution is 0.0854. The van der Waals surface area contributed by atoms with Crippen LogP contribution in [-0.2, 0) is 5.75 Å². The molecule has 1 heterocycles. The van der Waals surface area contributed by atoms with E-state index in [1.54, 1.807) is 41.3 Å². The van der Waals surface area contributed by atoms with Crippen LogP contribution in [0.15, 0.2) is 47.5 Å². The Morgan fingerprint density at radius 2 is 1.85 bits per heavy atom. The van der Waals surface area contributed by atoms with Gasteiger partial charge in [0.05, 0.1) is 20.8 Å². The van der Waals surface area contributed by atoms with E-state index in [4.69, 9.17) is 9.47 Å². The van der Waals surface area contributed by atoms with Crippen molar-refractivity contribution < 1.29 is 18.7 Å². The van der Waals surface area contributed by atoms with E-state index in [2.05, 4.69) is 4.99 Å². The third-order valence-electron chi connectivity index (χ3n) is 4.00. The van der Waals surface area contributed by atoms with Crippen molar-refractivity contribution in [1.82, 2.24) is 4.90 Å². The molecule has 0 bridgehead atoms. The molecule has 0 atom stereocenters. The first kappa shape index (κ1) is 18.3. The molecular weight excluding hydrogens is 355 g/mol. The average Bonchev–Trinajstić information content (AvgIpc) is 3.14. The first-order valence-corrected chi connectivity index (χ1v) is 9.07. The Kier molecular flexibility index (Phi) is 5.78. The van der Waals surface area contributed by atoms with Crippen LogP contribution in [0.25, 0.3) is 0 Å². The van der Waals surface area contributed by atoms with Gasteiger partial charge in [-0.15, -0.1) is 0 Å². The number of nitrogens with zero attached hydrogens (tertiary/aromatic N) is 2. The summed E-state index contributed by atoms with van der Waals surface area (Å²) < 4.78 is 24.5. The van der Waals surface area contributed by atoms with Crippen molar-refractivity contribution in [1.29, 1.82) is 0 Å². The van der Waals surface area contributed by atoms with Crippen LogP contribution in [0.4, 0.5) is 4.39 Å². The van der Waals surface area contributed by atoms with E-state index in [1.165, 1.54) is 32.0 Å². The highest BCUT2D eigenvalue weighted by atomic mass is 32.2. The number of amidine groups is 1. The molecule has 0 spiro atoms. The fourth-order valence-corrected chi connectivity index (χ4v) is 3.72. The number of hydrogen-bond donors (Lipinski definition) is 0. The number of carbonyl (C=O) groups is 1. The molecule has 0 radical (unpaired) electrons. The molecule has 0 N–H and O–H groups in total. The molecule has 0 aromatic heterocycles. The van der Waals surface area contributed by atoms with E-state index >= 15 is 0 Å². The van der Waals surface area contributed by atoms with Crippen LogP contribution in [0.5, 0.6) is 11.5 Å². The van der Waals surface area contributed by atoms with Crippen LogP contribution in [0, 0.1) is 5.82 Å². The van der Waals surface area contributed by atoms with Crippen molar-refractivity contribution in [3.05, 3.63) is 59.4 Å². The van der Waals surface area contributed by atoms with Gasteiger partial charge in [-0.3, -0.25) is 14.7 Å². The summed E-state index contributed by atoms with van der Waals surface area (Å²) in [7, 11) is 3.02. The summed E-state index contributed by atoms with van der Waals surface area (Å²) in [4.78, 5) is 19.1. The molecule has 136 valence electrons. The van der Waals surface area contributed by atoms with Crippen LogP contribution < -0.4 is 9.47 Å². The number of thioether (sulfide) groups is 1. The monoisotopic (exact) mass is 374 g/mol. The molecule has 1 amide bonds. The largest absolute Gasteiger partial charge is 0.496 e. The third-order valence-corrected chi connectivity index (χ3v) is 5.07. The summed E-state index contributed by atoms with van der Waals surface area (Å²) in [5.41, 5.74) is 0.938. The molecule has 0 aliphatic carbocycles. The quantitative estimate of drug-likeness (QED) is 0.803. The van der Waals surface area contributed by atoms with Gasteiger partial charge >= 0.3 is 0 Å². The summed E-state index contributed by atoms with van der Waals surface area (Å²) in [6.45, 7) is 0.989. The number of methoxy groups -OCH3 is 2. The van der Waals surface area contributed by atoms with E-state index < -0.39 is 0 Å². The van der Waals surface area contributed by atoms with Gasteiger partial charge in [-0.05, 0) is 23.8 Å². The fourth-order valence-electron chi connectivity index (χ4n) is 2.69. The summed E-state index contributed by atoms with van der Waals surface area (Å²) >= 11 is 1.34. The van der Waals surface area contributed by atoms with Crippen LogP contribution in [0.1, 0.15) is 15.9 Å². The van der Waals surface area contributed by atoms with Gasteiger partial charge in [-0.1, -0.05) is 36.0 Å². The molecule has 26 heavy (non-hydrogen) atoms. The SMILES string of the molecule is COc1cccc(OC)c1C(=O)N1CCN=C1SCc1ccccc1F. The lowest BCUT2D eigenvalue weighted by Crippen LogP contribution is -2.33. The molecule has 2 aromatic carbocycles. The van der Waals surface area contributed by atoms with Crippen molar-refractivity contribution in [2.24, 2.45) is 4.99 Å². The molecule has 7 heteroatoms. The van der Waals surface area contributed by atoms with E-state index in [-0.39, 0.29) is 11.7 Å². The van der Waals surface area contributed by atoms with Gasteiger partial charge in [0.1, 0.15) is 22.9 Å². The maximum Gasteiger partial charge on any atom is 0.267 e. The zero-order valence-electron chi connectivity index (χ0n) is 14.6. The van der Waals surface area contributed by atoms with Crippen molar-refractivity contribution >= 4 is 22.8 Å². The Bertz CT molecular complexity index is 819. The number of carbonyl (C=O) groups excluding carboxylic acids is 1. The predicted octanol–water partition coefficient (Wildman–Crippen LogP) is 3.59. The second kappa shape index (κ2) is 8.23. The number of rotatable bonds is 5. The molecule has 0 saturated heterocycles. The second-order valence-corrected chi connectivity index (χ2v) is 6.48. The lowest BCUT2D eigenvalue weighted by atomic mass is 10.1. The highest BCUT2D eigenvalue weighted by Crippen LogP contribution is 2.31. The van der Waals surface area contributed by atoms with Crippen molar-refractivity contribution in [2.75, 3.05) is 27.3 Å². The standard InChI is InChI=1S/C19H19FN2O3S/c1-24-15-8-5-9-16(25-2)17(15)18(23)22-11-10-21-19(22)26-12-13-6-3-4-7-14(13)20/h3-9H,10-12H2,1-2H3. The van der Waals surface area contributed by atoms with E-state index in [1.807, 2.05) is 0 Å². The number of halogens is 1. The minimum Gasteiger partial charge on any atom is -0.496 e. The Labute approximate surface area is 155 Å². The van der Waals surface area contributed by atoms with Gasteiger partial charge in [0.25, 0.3) is 5.91 Å². The maximum absolute atomic E-state index is 13.8. The summed E-state index contributed by atoms with van der Waals surface area (Å²) in [5, 5.41) is 0.575. The topological polar surface area (TPSA) is 51.1 Å². The average molecular weight is 374 g/mol. The van der Waals surface area contributed by atoms with Crippen LogP contribution in [0.2, 0.25) is 0 Å². The molecule has 2 aromatic rings. The number of benzene rings is 2. The molecule has 1 aliphatic heterocycles. The molecule has 1 aliphatic rings. The van der Waals surface area contributed by atoms with Crippen LogP contribution in [0.3, 0.4) is 0 Å². The first-order valence-electron chi connectivity index (χ1n) is 8.09. The van der Waals surface area contributed by atoms with Crippen molar-refractivity contribution in [3.8, 4) is 11.5 Å². The Morgan fingerprint density at radius 1 is 1.15 bits per heavy atom. The Hall–Kier alpha value is -2.54. The Morgan fingerprint density at radius 3 is 2.50 bits per heavy atom. The van der Waals surface area contributed by atoms with E-state index in [0.717, 1.165) is 0 Å². The molecule has 0 saturated carbocycles. The molecule has 5 nitrogen and oxygen atoms in total. The van der Waals surface area contributed by atoms with Crippen LogP contribution >= 0.6 is 11.8 Å². The first-order chi connectivity index (χ1) is 12.7. The predicted molar refractivity (Wildman–Crippen MR) is 101 cm³/mol. The molecule has 0 unspecified atom stereocenters. The highest BCUT2D eigenvalue weighted by Gasteiger charge is 2.29. The Balaban J connectivity index is 1.80. The fraction of sp³-hybridized carbons (Fsp3) is 0.263. The third kappa shape index (κ3) is 3.67. The van der Waals surface area contributed by atoms with Gasteiger partial charge in [0.2, 0.25) is 0 Å². The zero-order chi connectivity index (χ0) is 18.5. The minimum atomic E-state index is -0.261. The number of hydrogen-bond acceptors (Lipinski definition) is 5. The normalized spacial score (nSPS) is 13.5. The van der Waals surface area contributed by atoms with Crippen molar-refractivity contribution in [3.63, 3.8) is 0 Å². The lowest BCUT2D eigenvalue weighted by Gasteiger charge is -2.20. The van der Waals surface area contributed by atoms with Gasteiger partial charge in [-0.25, -0.2) is 4.39 Å². The maximum atomic E-state index is 13.8. The van der Waals surface area contributed by atoms with E-state index in [0.29, 0.717) is 46.6 Å². The minimum absolute atomic E-state index is 0.239. The molecule has 3 rings (SSSR count). The van der Waals surface area contributed by atoms with Gasteiger partial charge in [0.15, 0.2) is 5.17 Å². The van der Waals surface area contributed by atoms with Gasteiger partial charge < -0.3 is 9.47 Å². The van der Waals surface area contributed by atoms with Gasteiger partial charge in [-0.2, -0.15) is 0 Å². The zero-order valence-corrected chi connectivity index (χ0v) is 15.4. The van der Waals surface area contributed by atoms with Crippen molar-refractivity contribution in [2.45, 2.75) is 5.75 Å².